The summed E-state index contributed by atoms with van der Waals surface area (Å²) in [6.07, 6.45) is 5.24. The zero-order valence-electron chi connectivity index (χ0n) is 13.1. The molecule has 0 aromatic heterocycles. The smallest absolute Gasteiger partial charge is 0.127 e. The third-order valence-electron chi connectivity index (χ3n) is 3.65. The van der Waals surface area contributed by atoms with Crippen LogP contribution >= 0.6 is 0 Å². The summed E-state index contributed by atoms with van der Waals surface area (Å²) in [5.74, 6) is 0.917. The van der Waals surface area contributed by atoms with Gasteiger partial charge in [0.25, 0.3) is 0 Å². The minimum absolute atomic E-state index is 0.588. The summed E-state index contributed by atoms with van der Waals surface area (Å²) in [4.78, 5) is 0. The molecular weight excluding hydrogens is 280 g/mol. The maximum absolute atomic E-state index is 5.97. The number of para-hydroxylation sites is 1. The van der Waals surface area contributed by atoms with E-state index in [9.17, 15) is 0 Å². The molecule has 0 radical (unpaired) electrons. The van der Waals surface area contributed by atoms with Crippen molar-refractivity contribution in [1.82, 2.24) is 0 Å². The lowest BCUT2D eigenvalue weighted by molar-refractivity contribution is 0.305. The van der Waals surface area contributed by atoms with Gasteiger partial charge in [0.15, 0.2) is 0 Å². The van der Waals surface area contributed by atoms with Gasteiger partial charge in [0.2, 0.25) is 0 Å². The molecular formula is C22H20O. The molecule has 0 atom stereocenters. The molecule has 0 N–H and O–H groups in total. The van der Waals surface area contributed by atoms with E-state index in [4.69, 9.17) is 4.74 Å². The largest absolute Gasteiger partial charge is 0.488 e. The van der Waals surface area contributed by atoms with Gasteiger partial charge in [0.1, 0.15) is 12.4 Å². The molecule has 0 fully saturated rings. The molecule has 0 saturated carbocycles. The Bertz CT molecular complexity index is 745. The average Bonchev–Trinajstić information content (AvgIpc) is 2.63. The van der Waals surface area contributed by atoms with E-state index in [0.29, 0.717) is 6.61 Å². The lowest BCUT2D eigenvalue weighted by Gasteiger charge is -2.09. The van der Waals surface area contributed by atoms with Crippen molar-refractivity contribution in [3.05, 3.63) is 108 Å². The highest BCUT2D eigenvalue weighted by molar-refractivity contribution is 5.57. The van der Waals surface area contributed by atoms with Crippen molar-refractivity contribution in [3.63, 3.8) is 0 Å². The van der Waals surface area contributed by atoms with Crippen LogP contribution in [0.15, 0.2) is 91.0 Å². The van der Waals surface area contributed by atoms with Gasteiger partial charge in [-0.3, -0.25) is 0 Å². The predicted molar refractivity (Wildman–Crippen MR) is 96.4 cm³/mol. The maximum atomic E-state index is 5.97. The summed E-state index contributed by atoms with van der Waals surface area (Å²) in [7, 11) is 0. The van der Waals surface area contributed by atoms with Crippen LogP contribution in [-0.2, 0) is 13.0 Å². The van der Waals surface area contributed by atoms with Gasteiger partial charge in [-0.1, -0.05) is 91.0 Å². The van der Waals surface area contributed by atoms with Crippen LogP contribution in [0.4, 0.5) is 0 Å². The Balaban J connectivity index is 1.65. The number of ether oxygens (including phenoxy) is 1. The van der Waals surface area contributed by atoms with Gasteiger partial charge in [-0.05, 0) is 23.6 Å². The average molecular weight is 300 g/mol. The quantitative estimate of drug-likeness (QED) is 0.582. The summed E-state index contributed by atoms with van der Waals surface area (Å²) < 4.78 is 5.97. The summed E-state index contributed by atoms with van der Waals surface area (Å²) in [5, 5.41) is 0. The summed E-state index contributed by atoms with van der Waals surface area (Å²) in [6, 6.07) is 28.9. The lowest BCUT2D eigenvalue weighted by Crippen LogP contribution is -1.96. The van der Waals surface area contributed by atoms with Gasteiger partial charge in [-0.2, -0.15) is 0 Å². The van der Waals surface area contributed by atoms with Crippen LogP contribution in [-0.4, -0.2) is 0 Å². The molecule has 3 aromatic carbocycles. The van der Waals surface area contributed by atoms with Crippen LogP contribution in [0, 0.1) is 0 Å². The van der Waals surface area contributed by atoms with Crippen molar-refractivity contribution in [2.24, 2.45) is 0 Å². The number of rotatable bonds is 6. The molecule has 0 heterocycles. The Kier molecular flexibility index (Phi) is 5.25. The predicted octanol–water partition coefficient (Wildman–Crippen LogP) is 5.52. The SMILES string of the molecule is C(=Cc1ccccc1OCc1ccccc1)Cc1ccccc1. The lowest BCUT2D eigenvalue weighted by atomic mass is 10.1. The first-order valence-corrected chi connectivity index (χ1v) is 7.88. The second-order valence-electron chi connectivity index (χ2n) is 5.40. The van der Waals surface area contributed by atoms with Crippen molar-refractivity contribution in [2.45, 2.75) is 13.0 Å². The first kappa shape index (κ1) is 15.1. The number of allylic oxidation sites excluding steroid dienone is 1. The molecule has 0 aliphatic heterocycles. The zero-order chi connectivity index (χ0) is 15.7. The minimum Gasteiger partial charge on any atom is -0.488 e. The molecule has 0 bridgehead atoms. The van der Waals surface area contributed by atoms with Gasteiger partial charge >= 0.3 is 0 Å². The monoisotopic (exact) mass is 300 g/mol. The fourth-order valence-electron chi connectivity index (χ4n) is 2.42. The first-order valence-electron chi connectivity index (χ1n) is 7.88. The van der Waals surface area contributed by atoms with E-state index in [1.165, 1.54) is 11.1 Å². The Hall–Kier alpha value is -2.80. The fourth-order valence-corrected chi connectivity index (χ4v) is 2.42. The highest BCUT2D eigenvalue weighted by atomic mass is 16.5. The van der Waals surface area contributed by atoms with Gasteiger partial charge in [-0.15, -0.1) is 0 Å². The molecule has 3 aromatic rings. The molecule has 1 heteroatoms. The third-order valence-corrected chi connectivity index (χ3v) is 3.65. The Morgan fingerprint density at radius 2 is 1.26 bits per heavy atom. The second kappa shape index (κ2) is 8.00. The molecule has 0 unspecified atom stereocenters. The van der Waals surface area contributed by atoms with Gasteiger partial charge in [-0.25, -0.2) is 0 Å². The summed E-state index contributed by atoms with van der Waals surface area (Å²) in [5.41, 5.74) is 3.60. The Morgan fingerprint density at radius 1 is 0.652 bits per heavy atom. The molecule has 0 spiro atoms. The minimum atomic E-state index is 0.588. The van der Waals surface area contributed by atoms with Crippen LogP contribution < -0.4 is 4.74 Å². The van der Waals surface area contributed by atoms with Crippen molar-refractivity contribution in [2.75, 3.05) is 0 Å². The van der Waals surface area contributed by atoms with Gasteiger partial charge in [0.05, 0.1) is 0 Å². The summed E-state index contributed by atoms with van der Waals surface area (Å²) >= 11 is 0. The molecule has 3 rings (SSSR count). The van der Waals surface area contributed by atoms with E-state index in [-0.39, 0.29) is 0 Å². The van der Waals surface area contributed by atoms with Crippen molar-refractivity contribution in [1.29, 1.82) is 0 Å². The van der Waals surface area contributed by atoms with Crippen LogP contribution in [0.2, 0.25) is 0 Å². The number of hydrogen-bond acceptors (Lipinski definition) is 1. The van der Waals surface area contributed by atoms with Gasteiger partial charge < -0.3 is 4.74 Å². The molecule has 0 aliphatic rings. The van der Waals surface area contributed by atoms with E-state index in [2.05, 4.69) is 54.6 Å². The number of hydrogen-bond donors (Lipinski definition) is 0. The molecule has 0 amide bonds. The third kappa shape index (κ3) is 4.58. The van der Waals surface area contributed by atoms with Crippen LogP contribution in [0.1, 0.15) is 16.7 Å². The van der Waals surface area contributed by atoms with Crippen LogP contribution in [0.25, 0.3) is 6.08 Å². The van der Waals surface area contributed by atoms with E-state index < -0.39 is 0 Å². The number of benzene rings is 3. The normalized spacial score (nSPS) is 10.8. The van der Waals surface area contributed by atoms with Gasteiger partial charge in [0, 0.05) is 5.56 Å². The topological polar surface area (TPSA) is 9.23 Å². The van der Waals surface area contributed by atoms with Crippen LogP contribution in [0.5, 0.6) is 5.75 Å². The standard InChI is InChI=1S/C22H20O/c1-3-10-19(11-4-1)14-9-16-21-15-7-8-17-22(21)23-18-20-12-5-2-6-13-20/h1-13,15-17H,14,18H2. The van der Waals surface area contributed by atoms with Crippen molar-refractivity contribution in [3.8, 4) is 5.75 Å². The van der Waals surface area contributed by atoms with Crippen molar-refractivity contribution >= 4 is 6.08 Å². The highest BCUT2D eigenvalue weighted by Crippen LogP contribution is 2.21. The highest BCUT2D eigenvalue weighted by Gasteiger charge is 2.00. The first-order chi connectivity index (χ1) is 11.4. The second-order valence-corrected chi connectivity index (χ2v) is 5.40. The van der Waals surface area contributed by atoms with E-state index in [1.807, 2.05) is 42.5 Å². The zero-order valence-corrected chi connectivity index (χ0v) is 13.1. The van der Waals surface area contributed by atoms with E-state index >= 15 is 0 Å². The van der Waals surface area contributed by atoms with Crippen molar-refractivity contribution < 1.29 is 4.74 Å². The molecule has 23 heavy (non-hydrogen) atoms. The fraction of sp³-hybridized carbons (Fsp3) is 0.0909. The molecule has 114 valence electrons. The molecule has 0 aliphatic carbocycles. The Morgan fingerprint density at radius 3 is 2.00 bits per heavy atom. The van der Waals surface area contributed by atoms with E-state index in [1.54, 1.807) is 0 Å². The maximum Gasteiger partial charge on any atom is 0.127 e. The summed E-state index contributed by atoms with van der Waals surface area (Å²) in [6.45, 7) is 0.588. The molecule has 1 nitrogen and oxygen atoms in total. The Labute approximate surface area is 137 Å². The van der Waals surface area contributed by atoms with Crippen LogP contribution in [0.3, 0.4) is 0 Å². The molecule has 0 saturated heterocycles. The van der Waals surface area contributed by atoms with E-state index in [0.717, 1.165) is 17.7 Å².